The quantitative estimate of drug-likeness (QED) is 0.762. The Morgan fingerprint density at radius 3 is 2.47 bits per heavy atom. The number of nitrogens with one attached hydrogen (secondary N) is 1. The van der Waals surface area contributed by atoms with Crippen LogP contribution in [0.1, 0.15) is 12.5 Å². The number of hydrogen-bond acceptors (Lipinski definition) is 3. The van der Waals surface area contributed by atoms with E-state index in [2.05, 4.69) is 5.32 Å². The van der Waals surface area contributed by atoms with E-state index in [-0.39, 0.29) is 24.8 Å². The molecule has 5 nitrogen and oxygen atoms in total. The van der Waals surface area contributed by atoms with Gasteiger partial charge < -0.3 is 15.8 Å². The molecule has 0 spiro atoms. The van der Waals surface area contributed by atoms with Crippen molar-refractivity contribution in [2.24, 2.45) is 5.73 Å². The summed E-state index contributed by atoms with van der Waals surface area (Å²) < 4.78 is 4.97. The highest BCUT2D eigenvalue weighted by Gasteiger charge is 2.02. The number of ether oxygens (including phenoxy) is 1. The van der Waals surface area contributed by atoms with Crippen LogP contribution in [0.4, 0.5) is 5.69 Å². The maximum absolute atomic E-state index is 11.3. The molecule has 0 bridgehead atoms. The average molecular weight is 236 g/mol. The first-order valence-electron chi connectivity index (χ1n) is 5.36. The zero-order valence-corrected chi connectivity index (χ0v) is 9.73. The van der Waals surface area contributed by atoms with E-state index in [9.17, 15) is 9.59 Å². The van der Waals surface area contributed by atoms with Crippen LogP contribution in [-0.4, -0.2) is 25.0 Å². The molecule has 0 saturated carbocycles. The summed E-state index contributed by atoms with van der Waals surface area (Å²) in [5.74, 6) is -0.576. The second-order valence-electron chi connectivity index (χ2n) is 3.53. The Hall–Kier alpha value is -1.88. The number of carbonyl (C=O) groups is 2. The first-order valence-corrected chi connectivity index (χ1v) is 5.36. The maximum Gasteiger partial charge on any atom is 0.250 e. The van der Waals surface area contributed by atoms with Gasteiger partial charge in [-0.1, -0.05) is 12.1 Å². The Bertz CT molecular complexity index is 387. The maximum atomic E-state index is 11.3. The van der Waals surface area contributed by atoms with Gasteiger partial charge in [0.25, 0.3) is 0 Å². The van der Waals surface area contributed by atoms with Gasteiger partial charge in [0.05, 0.1) is 6.42 Å². The molecule has 0 heterocycles. The average Bonchev–Trinajstić information content (AvgIpc) is 2.28. The molecule has 0 radical (unpaired) electrons. The first-order chi connectivity index (χ1) is 8.11. The Balaban J connectivity index is 2.50. The summed E-state index contributed by atoms with van der Waals surface area (Å²) in [6, 6.07) is 6.95. The van der Waals surface area contributed by atoms with E-state index in [0.29, 0.717) is 12.3 Å². The largest absolute Gasteiger partial charge is 0.372 e. The molecule has 92 valence electrons. The summed E-state index contributed by atoms with van der Waals surface area (Å²) in [4.78, 5) is 22.0. The van der Waals surface area contributed by atoms with Crippen LogP contribution >= 0.6 is 0 Å². The summed E-state index contributed by atoms with van der Waals surface area (Å²) in [6.07, 6.45) is 0.202. The van der Waals surface area contributed by atoms with E-state index < -0.39 is 0 Å². The van der Waals surface area contributed by atoms with Gasteiger partial charge in [-0.05, 0) is 24.6 Å². The lowest BCUT2D eigenvalue weighted by Crippen LogP contribution is -2.18. The zero-order valence-electron chi connectivity index (χ0n) is 9.73. The number of anilines is 1. The smallest absolute Gasteiger partial charge is 0.250 e. The van der Waals surface area contributed by atoms with E-state index in [1.54, 1.807) is 24.3 Å². The van der Waals surface area contributed by atoms with E-state index in [1.807, 2.05) is 6.92 Å². The van der Waals surface area contributed by atoms with Crippen molar-refractivity contribution in [1.29, 1.82) is 0 Å². The molecule has 0 aliphatic carbocycles. The van der Waals surface area contributed by atoms with Crippen LogP contribution in [0.25, 0.3) is 0 Å². The van der Waals surface area contributed by atoms with Gasteiger partial charge in [0.1, 0.15) is 6.61 Å². The molecule has 0 fully saturated rings. The molecule has 17 heavy (non-hydrogen) atoms. The molecule has 0 unspecified atom stereocenters. The molecule has 1 aromatic rings. The fourth-order valence-corrected chi connectivity index (χ4v) is 1.30. The number of rotatable bonds is 6. The third-order valence-electron chi connectivity index (χ3n) is 2.05. The van der Waals surface area contributed by atoms with Crippen molar-refractivity contribution in [3.05, 3.63) is 29.8 Å². The Labute approximate surface area is 99.9 Å². The Morgan fingerprint density at radius 1 is 1.29 bits per heavy atom. The second-order valence-corrected chi connectivity index (χ2v) is 3.53. The molecule has 0 aliphatic heterocycles. The Morgan fingerprint density at radius 2 is 1.94 bits per heavy atom. The molecule has 3 N–H and O–H groups in total. The van der Waals surface area contributed by atoms with Crippen LogP contribution in [0.15, 0.2) is 24.3 Å². The van der Waals surface area contributed by atoms with Crippen molar-refractivity contribution in [3.63, 3.8) is 0 Å². The predicted octanol–water partition coefficient (Wildman–Crippen LogP) is 0.689. The normalized spacial score (nSPS) is 9.94. The van der Waals surface area contributed by atoms with Crippen LogP contribution in [0, 0.1) is 0 Å². The van der Waals surface area contributed by atoms with E-state index in [4.69, 9.17) is 10.5 Å². The lowest BCUT2D eigenvalue weighted by atomic mass is 10.1. The number of carbonyl (C=O) groups excluding carboxylic acids is 2. The monoisotopic (exact) mass is 236 g/mol. The second kappa shape index (κ2) is 6.65. The number of nitrogens with two attached hydrogens (primary N) is 1. The van der Waals surface area contributed by atoms with Gasteiger partial charge in [-0.3, -0.25) is 9.59 Å². The molecule has 0 aromatic heterocycles. The molecule has 5 heteroatoms. The predicted molar refractivity (Wildman–Crippen MR) is 64.5 cm³/mol. The van der Waals surface area contributed by atoms with E-state index >= 15 is 0 Å². The minimum atomic E-state index is -0.377. The number of benzene rings is 1. The standard InChI is InChI=1S/C12H16N2O3/c1-2-17-8-12(16)14-10-5-3-9(4-6-10)7-11(13)15/h3-6H,2,7-8H2,1H3,(H2,13,15)(H,14,16). The molecular weight excluding hydrogens is 220 g/mol. The highest BCUT2D eigenvalue weighted by atomic mass is 16.5. The molecular formula is C12H16N2O3. The van der Waals surface area contributed by atoms with Crippen molar-refractivity contribution >= 4 is 17.5 Å². The van der Waals surface area contributed by atoms with Crippen LogP contribution in [0.3, 0.4) is 0 Å². The highest BCUT2D eigenvalue weighted by molar-refractivity contribution is 5.91. The van der Waals surface area contributed by atoms with Gasteiger partial charge in [-0.15, -0.1) is 0 Å². The van der Waals surface area contributed by atoms with Gasteiger partial charge in [0, 0.05) is 12.3 Å². The topological polar surface area (TPSA) is 81.4 Å². The van der Waals surface area contributed by atoms with E-state index in [1.165, 1.54) is 0 Å². The van der Waals surface area contributed by atoms with Gasteiger partial charge in [-0.25, -0.2) is 0 Å². The summed E-state index contributed by atoms with van der Waals surface area (Å²) in [6.45, 7) is 2.37. The van der Waals surface area contributed by atoms with Gasteiger partial charge >= 0.3 is 0 Å². The molecule has 0 saturated heterocycles. The third-order valence-corrected chi connectivity index (χ3v) is 2.05. The number of amides is 2. The molecule has 1 rings (SSSR count). The zero-order chi connectivity index (χ0) is 12.7. The van der Waals surface area contributed by atoms with Crippen LogP contribution in [0.5, 0.6) is 0 Å². The summed E-state index contributed by atoms with van der Waals surface area (Å²) in [5.41, 5.74) is 6.56. The SMILES string of the molecule is CCOCC(=O)Nc1ccc(CC(N)=O)cc1. The number of hydrogen-bond donors (Lipinski definition) is 2. The van der Waals surface area contributed by atoms with Crippen LogP contribution in [-0.2, 0) is 20.7 Å². The van der Waals surface area contributed by atoms with Crippen molar-refractivity contribution in [2.75, 3.05) is 18.5 Å². The van der Waals surface area contributed by atoms with Crippen molar-refractivity contribution in [3.8, 4) is 0 Å². The summed E-state index contributed by atoms with van der Waals surface area (Å²) >= 11 is 0. The van der Waals surface area contributed by atoms with Gasteiger partial charge in [0.2, 0.25) is 11.8 Å². The lowest BCUT2D eigenvalue weighted by molar-refractivity contribution is -0.120. The molecule has 2 amide bonds. The minimum absolute atomic E-state index is 0.0412. The third kappa shape index (κ3) is 5.12. The van der Waals surface area contributed by atoms with Crippen molar-refractivity contribution < 1.29 is 14.3 Å². The highest BCUT2D eigenvalue weighted by Crippen LogP contribution is 2.09. The number of primary amides is 1. The van der Waals surface area contributed by atoms with E-state index in [0.717, 1.165) is 5.56 Å². The molecule has 1 aromatic carbocycles. The molecule has 0 atom stereocenters. The minimum Gasteiger partial charge on any atom is -0.372 e. The van der Waals surface area contributed by atoms with Gasteiger partial charge in [0.15, 0.2) is 0 Å². The summed E-state index contributed by atoms with van der Waals surface area (Å²) in [7, 11) is 0. The fraction of sp³-hybridized carbons (Fsp3) is 0.333. The first kappa shape index (κ1) is 13.2. The van der Waals surface area contributed by atoms with Gasteiger partial charge in [-0.2, -0.15) is 0 Å². The van der Waals surface area contributed by atoms with Crippen LogP contribution in [0.2, 0.25) is 0 Å². The summed E-state index contributed by atoms with van der Waals surface area (Å²) in [5, 5.41) is 2.68. The fourth-order valence-electron chi connectivity index (χ4n) is 1.30. The Kier molecular flexibility index (Phi) is 5.16. The van der Waals surface area contributed by atoms with Crippen molar-refractivity contribution in [2.45, 2.75) is 13.3 Å². The van der Waals surface area contributed by atoms with Crippen molar-refractivity contribution in [1.82, 2.24) is 0 Å². The lowest BCUT2D eigenvalue weighted by Gasteiger charge is -2.05. The van der Waals surface area contributed by atoms with Crippen LogP contribution < -0.4 is 11.1 Å². The molecule has 0 aliphatic rings.